The van der Waals surface area contributed by atoms with Gasteiger partial charge in [0.05, 0.1) is 34.5 Å². The van der Waals surface area contributed by atoms with Crippen molar-refractivity contribution in [1.82, 2.24) is 30.8 Å². The van der Waals surface area contributed by atoms with E-state index in [4.69, 9.17) is 22.1 Å². The fourth-order valence-electron chi connectivity index (χ4n) is 6.92. The predicted octanol–water partition coefficient (Wildman–Crippen LogP) is 9.10. The minimum atomic E-state index is -0.799. The molecule has 0 saturated carbocycles. The first kappa shape index (κ1) is 54.1. The summed E-state index contributed by atoms with van der Waals surface area (Å²) in [5.74, 6) is -0.690. The van der Waals surface area contributed by atoms with Crippen molar-refractivity contribution in [1.29, 1.82) is 0 Å². The normalized spacial score (nSPS) is 14.4. The summed E-state index contributed by atoms with van der Waals surface area (Å²) in [6.07, 6.45) is 7.25. The minimum absolute atomic E-state index is 0.0604. The molecule has 0 spiro atoms. The lowest BCUT2D eigenvalue weighted by Crippen LogP contribution is -2.55. The minimum Gasteiger partial charge on any atom is -0.376 e. The van der Waals surface area contributed by atoms with Gasteiger partial charge in [0.25, 0.3) is 0 Å². The van der Waals surface area contributed by atoms with Crippen LogP contribution in [0.4, 0.5) is 0 Å². The van der Waals surface area contributed by atoms with Gasteiger partial charge in [0.1, 0.15) is 0 Å². The summed E-state index contributed by atoms with van der Waals surface area (Å²) in [5, 5.41) is 9.81. The van der Waals surface area contributed by atoms with E-state index in [2.05, 4.69) is 44.7 Å². The summed E-state index contributed by atoms with van der Waals surface area (Å²) >= 11 is 4.92. The van der Waals surface area contributed by atoms with Crippen molar-refractivity contribution < 1.29 is 23.9 Å². The number of nitrogens with one attached hydrogen (secondary N) is 3. The maximum Gasteiger partial charge on any atom is 0.237 e. The van der Waals surface area contributed by atoms with Crippen LogP contribution in [-0.2, 0) is 36.9 Å². The molecule has 12 heteroatoms. The number of ether oxygens (including phenoxy) is 2. The number of amides is 3. The Balaban J connectivity index is 2.22. The molecule has 0 aliphatic carbocycles. The lowest BCUT2D eigenvalue weighted by Gasteiger charge is -2.45. The van der Waals surface area contributed by atoms with Gasteiger partial charge in [0, 0.05) is 66.5 Å². The van der Waals surface area contributed by atoms with Gasteiger partial charge >= 0.3 is 0 Å². The Kier molecular flexibility index (Phi) is 20.0. The van der Waals surface area contributed by atoms with Crippen LogP contribution in [0.25, 0.3) is 0 Å². The second-order valence-corrected chi connectivity index (χ2v) is 23.1. The van der Waals surface area contributed by atoms with E-state index in [0.29, 0.717) is 71.4 Å². The Bertz CT molecular complexity index is 1600. The number of aromatic nitrogens is 2. The molecule has 0 radical (unpaired) electrons. The van der Waals surface area contributed by atoms with Crippen molar-refractivity contribution in [3.8, 4) is 0 Å². The molecular formula is C49H84N6O5S. The highest BCUT2D eigenvalue weighted by Gasteiger charge is 2.48. The SMILES string of the molecule is CC(C)(CCOC(C)(C)C)NC(=O)C(CCCCNC(=O)C(CC(C)(C)C(C)(C)C(=O)NC(C)(C)CCOC(C)(C)C)C(C)(C)S)N(Cc1ccccn1)Cc1ccccn1. The van der Waals surface area contributed by atoms with Crippen molar-refractivity contribution in [2.75, 3.05) is 19.8 Å². The number of hydrogen-bond donors (Lipinski definition) is 4. The molecule has 3 amide bonds. The van der Waals surface area contributed by atoms with Gasteiger partial charge in [0.2, 0.25) is 17.7 Å². The maximum absolute atomic E-state index is 14.4. The molecule has 0 bridgehead atoms. The van der Waals surface area contributed by atoms with Gasteiger partial charge in [0.15, 0.2) is 0 Å². The van der Waals surface area contributed by atoms with Gasteiger partial charge in [-0.25, -0.2) is 0 Å². The summed E-state index contributed by atoms with van der Waals surface area (Å²) in [6.45, 7) is 34.6. The third-order valence-electron chi connectivity index (χ3n) is 11.7. The predicted molar refractivity (Wildman–Crippen MR) is 252 cm³/mol. The van der Waals surface area contributed by atoms with Crippen molar-refractivity contribution in [3.05, 3.63) is 60.2 Å². The third-order valence-corrected chi connectivity index (χ3v) is 12.0. The van der Waals surface area contributed by atoms with E-state index in [1.165, 1.54) is 0 Å². The van der Waals surface area contributed by atoms with E-state index in [1.54, 1.807) is 12.4 Å². The average Bonchev–Trinajstić information content (AvgIpc) is 3.10. The van der Waals surface area contributed by atoms with E-state index in [-0.39, 0.29) is 28.9 Å². The highest BCUT2D eigenvalue weighted by Crippen LogP contribution is 2.46. The van der Waals surface area contributed by atoms with Crippen molar-refractivity contribution in [2.45, 2.75) is 195 Å². The number of carbonyl (C=O) groups is 3. The van der Waals surface area contributed by atoms with Crippen molar-refractivity contribution in [2.24, 2.45) is 16.7 Å². The Morgan fingerprint density at radius 3 is 1.57 bits per heavy atom. The topological polar surface area (TPSA) is 135 Å². The average molecular weight is 869 g/mol. The van der Waals surface area contributed by atoms with E-state index in [1.807, 2.05) is 133 Å². The molecule has 0 aliphatic heterocycles. The molecule has 2 atom stereocenters. The number of carbonyl (C=O) groups excluding carboxylic acids is 3. The fraction of sp³-hybridized carbons (Fsp3) is 0.735. The second kappa shape index (κ2) is 22.5. The summed E-state index contributed by atoms with van der Waals surface area (Å²) < 4.78 is 11.3. The lowest BCUT2D eigenvalue weighted by atomic mass is 9.62. The van der Waals surface area contributed by atoms with Crippen LogP contribution in [0.3, 0.4) is 0 Å². The van der Waals surface area contributed by atoms with Gasteiger partial charge in [-0.15, -0.1) is 0 Å². The second-order valence-electron chi connectivity index (χ2n) is 21.9. The molecule has 2 rings (SSSR count). The van der Waals surface area contributed by atoms with Crippen LogP contribution in [0.15, 0.2) is 48.8 Å². The number of unbranched alkanes of at least 4 members (excludes halogenated alkanes) is 1. The molecule has 2 unspecified atom stereocenters. The zero-order chi connectivity index (χ0) is 46.5. The van der Waals surface area contributed by atoms with E-state index >= 15 is 0 Å². The molecular weight excluding hydrogens is 785 g/mol. The first-order valence-electron chi connectivity index (χ1n) is 22.3. The molecule has 0 fully saturated rings. The Morgan fingerprint density at radius 1 is 0.672 bits per heavy atom. The maximum atomic E-state index is 14.4. The van der Waals surface area contributed by atoms with Crippen LogP contribution in [0, 0.1) is 16.7 Å². The molecule has 346 valence electrons. The van der Waals surface area contributed by atoms with Crippen LogP contribution in [0.5, 0.6) is 0 Å². The summed E-state index contributed by atoms with van der Waals surface area (Å²) in [6, 6.07) is 11.2. The van der Waals surface area contributed by atoms with Crippen molar-refractivity contribution >= 4 is 30.4 Å². The molecule has 3 N–H and O–H groups in total. The Morgan fingerprint density at radius 2 is 1.15 bits per heavy atom. The quantitative estimate of drug-likeness (QED) is 0.0574. The summed E-state index contributed by atoms with van der Waals surface area (Å²) in [5.41, 5.74) is -1.14. The number of rotatable bonds is 25. The first-order valence-corrected chi connectivity index (χ1v) is 22.8. The lowest BCUT2D eigenvalue weighted by molar-refractivity contribution is -0.140. The standard InChI is InChI=1S/C49H84N6O5S/c1-43(2,3)59-31-26-46(9,10)53-41(57)39(55(34-36-23-17-20-28-50-36)35-37-24-18-21-29-51-37)25-19-22-30-52-40(56)38(49(15,16)61)33-45(7,8)48(13,14)42(58)54-47(11,12)27-32-60-44(4,5)6/h17-18,20-21,23-24,28-29,38-39,61H,19,22,25-27,30-35H2,1-16H3,(H,52,56)(H,53,57)(H,54,58). The van der Waals surface area contributed by atoms with Gasteiger partial charge in [-0.3, -0.25) is 29.3 Å². The van der Waals surface area contributed by atoms with Gasteiger partial charge in [-0.1, -0.05) is 53.7 Å². The largest absolute Gasteiger partial charge is 0.376 e. The van der Waals surface area contributed by atoms with E-state index in [9.17, 15) is 14.4 Å². The molecule has 61 heavy (non-hydrogen) atoms. The van der Waals surface area contributed by atoms with Crippen molar-refractivity contribution in [3.63, 3.8) is 0 Å². The van der Waals surface area contributed by atoms with Gasteiger partial charge < -0.3 is 25.4 Å². The monoisotopic (exact) mass is 869 g/mol. The van der Waals surface area contributed by atoms with Crippen LogP contribution in [-0.4, -0.2) is 85.4 Å². The molecule has 0 saturated heterocycles. The van der Waals surface area contributed by atoms with Crippen LogP contribution >= 0.6 is 12.6 Å². The zero-order valence-electron chi connectivity index (χ0n) is 40.9. The number of nitrogens with zero attached hydrogens (tertiary/aromatic N) is 3. The smallest absolute Gasteiger partial charge is 0.237 e. The number of thiol groups is 1. The molecule has 0 aliphatic rings. The zero-order valence-corrected chi connectivity index (χ0v) is 41.8. The third kappa shape index (κ3) is 19.9. The van der Waals surface area contributed by atoms with Gasteiger partial charge in [-0.05, 0) is 137 Å². The molecule has 2 aromatic heterocycles. The fourth-order valence-corrected chi connectivity index (χ4v) is 7.13. The molecule has 0 aromatic carbocycles. The van der Waals surface area contributed by atoms with Crippen LogP contribution < -0.4 is 16.0 Å². The molecule has 11 nitrogen and oxygen atoms in total. The highest BCUT2D eigenvalue weighted by atomic mass is 32.1. The van der Waals surface area contributed by atoms with Crippen LogP contribution in [0.1, 0.15) is 161 Å². The molecule has 2 aromatic rings. The number of pyridine rings is 2. The van der Waals surface area contributed by atoms with Gasteiger partial charge in [-0.2, -0.15) is 12.6 Å². The Labute approximate surface area is 375 Å². The highest BCUT2D eigenvalue weighted by molar-refractivity contribution is 7.81. The Hall–Kier alpha value is -3.06. The summed E-state index contributed by atoms with van der Waals surface area (Å²) in [7, 11) is 0. The summed E-state index contributed by atoms with van der Waals surface area (Å²) in [4.78, 5) is 53.7. The van der Waals surface area contributed by atoms with Crippen LogP contribution in [0.2, 0.25) is 0 Å². The van der Waals surface area contributed by atoms with E-state index in [0.717, 1.165) is 11.4 Å². The first-order chi connectivity index (χ1) is 27.8. The molecule has 2 heterocycles. The van der Waals surface area contributed by atoms with E-state index < -0.39 is 38.6 Å². The number of hydrogen-bond acceptors (Lipinski definition) is 9.